The van der Waals surface area contributed by atoms with Gasteiger partial charge in [0.05, 0.1) is 10.2 Å². The average Bonchev–Trinajstić information content (AvgIpc) is 2.33. The normalized spacial score (nSPS) is 12.5. The standard InChI is InChI=1S/C14H21BrN2O2/c1-9(2)6-10(8-16)7-13(18)17-12-5-3-4-11(15)14(12)19/h3-5,9-10,19H,6-8,16H2,1-2H3,(H,17,18). The van der Waals surface area contributed by atoms with Gasteiger partial charge in [-0.15, -0.1) is 0 Å². The number of nitrogens with one attached hydrogen (secondary N) is 1. The van der Waals surface area contributed by atoms with Gasteiger partial charge in [0.15, 0.2) is 5.75 Å². The number of halogens is 1. The Morgan fingerprint density at radius 3 is 2.74 bits per heavy atom. The molecule has 0 aliphatic carbocycles. The molecule has 0 aliphatic heterocycles. The van der Waals surface area contributed by atoms with Crippen LogP contribution in [-0.2, 0) is 4.79 Å². The second-order valence-electron chi connectivity index (χ2n) is 5.12. The summed E-state index contributed by atoms with van der Waals surface area (Å²) >= 11 is 3.21. The molecule has 19 heavy (non-hydrogen) atoms. The van der Waals surface area contributed by atoms with Crippen molar-refractivity contribution in [1.29, 1.82) is 0 Å². The van der Waals surface area contributed by atoms with Gasteiger partial charge in [-0.2, -0.15) is 0 Å². The zero-order chi connectivity index (χ0) is 14.4. The summed E-state index contributed by atoms with van der Waals surface area (Å²) in [6, 6.07) is 5.14. The number of carbonyl (C=O) groups is 1. The molecule has 1 aromatic rings. The molecule has 1 rings (SSSR count). The molecule has 0 radical (unpaired) electrons. The summed E-state index contributed by atoms with van der Waals surface area (Å²) in [5.41, 5.74) is 6.10. The first-order valence-corrected chi connectivity index (χ1v) is 7.20. The maximum atomic E-state index is 11.9. The second-order valence-corrected chi connectivity index (χ2v) is 5.97. The summed E-state index contributed by atoms with van der Waals surface area (Å²) < 4.78 is 0.558. The molecule has 4 nitrogen and oxygen atoms in total. The maximum absolute atomic E-state index is 11.9. The number of phenolic OH excluding ortho intramolecular Hbond substituents is 1. The van der Waals surface area contributed by atoms with Gasteiger partial charge in [0.1, 0.15) is 0 Å². The molecule has 0 heterocycles. The first-order chi connectivity index (χ1) is 8.93. The number of para-hydroxylation sites is 1. The Labute approximate surface area is 122 Å². The minimum atomic E-state index is -0.121. The largest absolute Gasteiger partial charge is 0.505 e. The summed E-state index contributed by atoms with van der Waals surface area (Å²) in [5, 5.41) is 12.5. The molecule has 4 N–H and O–H groups in total. The fourth-order valence-electron chi connectivity index (χ4n) is 2.01. The van der Waals surface area contributed by atoms with Crippen molar-refractivity contribution in [3.63, 3.8) is 0 Å². The molecule has 1 atom stereocenters. The predicted molar refractivity (Wildman–Crippen MR) is 81.1 cm³/mol. The van der Waals surface area contributed by atoms with Gasteiger partial charge in [-0.1, -0.05) is 19.9 Å². The summed E-state index contributed by atoms with van der Waals surface area (Å²) in [6.45, 7) is 4.72. The number of aromatic hydroxyl groups is 1. The van der Waals surface area contributed by atoms with Crippen LogP contribution < -0.4 is 11.1 Å². The van der Waals surface area contributed by atoms with Crippen molar-refractivity contribution in [2.45, 2.75) is 26.7 Å². The molecule has 0 saturated carbocycles. The van der Waals surface area contributed by atoms with Crippen molar-refractivity contribution in [3.05, 3.63) is 22.7 Å². The lowest BCUT2D eigenvalue weighted by Crippen LogP contribution is -2.23. The number of benzene rings is 1. The Kier molecular flexibility index (Phi) is 6.31. The number of phenols is 1. The van der Waals surface area contributed by atoms with E-state index in [1.54, 1.807) is 18.2 Å². The minimum Gasteiger partial charge on any atom is -0.505 e. The number of nitrogens with two attached hydrogens (primary N) is 1. The first-order valence-electron chi connectivity index (χ1n) is 6.41. The summed E-state index contributed by atoms with van der Waals surface area (Å²) in [5.74, 6) is 0.614. The van der Waals surface area contributed by atoms with Crippen LogP contribution in [-0.4, -0.2) is 17.6 Å². The van der Waals surface area contributed by atoms with Crippen LogP contribution in [0.1, 0.15) is 26.7 Å². The molecule has 0 aromatic heterocycles. The van der Waals surface area contributed by atoms with Gasteiger partial charge in [-0.3, -0.25) is 4.79 Å². The Hall–Kier alpha value is -1.07. The SMILES string of the molecule is CC(C)CC(CN)CC(=O)Nc1cccc(Br)c1O. The van der Waals surface area contributed by atoms with Crippen molar-refractivity contribution in [1.82, 2.24) is 0 Å². The van der Waals surface area contributed by atoms with Crippen LogP contribution in [0.2, 0.25) is 0 Å². The van der Waals surface area contributed by atoms with Crippen LogP contribution >= 0.6 is 15.9 Å². The zero-order valence-corrected chi connectivity index (χ0v) is 12.9. The van der Waals surface area contributed by atoms with Gasteiger partial charge in [-0.25, -0.2) is 0 Å². The van der Waals surface area contributed by atoms with Gasteiger partial charge < -0.3 is 16.2 Å². The van der Waals surface area contributed by atoms with E-state index in [1.807, 2.05) is 0 Å². The Morgan fingerprint density at radius 2 is 2.16 bits per heavy atom. The lowest BCUT2D eigenvalue weighted by atomic mass is 9.94. The number of hydrogen-bond acceptors (Lipinski definition) is 3. The third-order valence-electron chi connectivity index (χ3n) is 2.87. The van der Waals surface area contributed by atoms with Crippen molar-refractivity contribution >= 4 is 27.5 Å². The lowest BCUT2D eigenvalue weighted by molar-refractivity contribution is -0.117. The van der Waals surface area contributed by atoms with E-state index < -0.39 is 0 Å². The molecule has 5 heteroatoms. The number of anilines is 1. The third kappa shape index (κ3) is 5.20. The van der Waals surface area contributed by atoms with Crippen molar-refractivity contribution in [3.8, 4) is 5.75 Å². The fraction of sp³-hybridized carbons (Fsp3) is 0.500. The molecule has 0 bridgehead atoms. The highest BCUT2D eigenvalue weighted by Crippen LogP contribution is 2.31. The first kappa shape index (κ1) is 16.0. The number of rotatable bonds is 6. The van der Waals surface area contributed by atoms with Gasteiger partial charge >= 0.3 is 0 Å². The summed E-state index contributed by atoms with van der Waals surface area (Å²) in [7, 11) is 0. The van der Waals surface area contributed by atoms with Crippen molar-refractivity contribution in [2.75, 3.05) is 11.9 Å². The Morgan fingerprint density at radius 1 is 1.47 bits per heavy atom. The van der Waals surface area contributed by atoms with E-state index >= 15 is 0 Å². The van der Waals surface area contributed by atoms with Crippen LogP contribution in [0, 0.1) is 11.8 Å². The smallest absolute Gasteiger partial charge is 0.224 e. The zero-order valence-electron chi connectivity index (χ0n) is 11.3. The van der Waals surface area contributed by atoms with Crippen LogP contribution in [0.5, 0.6) is 5.75 Å². The van der Waals surface area contributed by atoms with E-state index in [2.05, 4.69) is 35.1 Å². The molecule has 0 saturated heterocycles. The number of amides is 1. The van der Waals surface area contributed by atoms with E-state index in [0.29, 0.717) is 29.0 Å². The van der Waals surface area contributed by atoms with E-state index in [9.17, 15) is 9.90 Å². The highest BCUT2D eigenvalue weighted by molar-refractivity contribution is 9.10. The second kappa shape index (κ2) is 7.50. The Bertz CT molecular complexity index is 435. The van der Waals surface area contributed by atoms with Gasteiger partial charge in [0.2, 0.25) is 5.91 Å². The molecular weight excluding hydrogens is 308 g/mol. The minimum absolute atomic E-state index is 0.0454. The van der Waals surface area contributed by atoms with Crippen LogP contribution in [0.25, 0.3) is 0 Å². The molecule has 1 aromatic carbocycles. The quantitative estimate of drug-likeness (QED) is 0.702. The summed E-state index contributed by atoms with van der Waals surface area (Å²) in [4.78, 5) is 11.9. The molecule has 0 fully saturated rings. The third-order valence-corrected chi connectivity index (χ3v) is 3.51. The van der Waals surface area contributed by atoms with Gasteiger partial charge in [0.25, 0.3) is 0 Å². The molecular formula is C14H21BrN2O2. The Balaban J connectivity index is 2.62. The van der Waals surface area contributed by atoms with Crippen LogP contribution in [0.15, 0.2) is 22.7 Å². The van der Waals surface area contributed by atoms with E-state index in [-0.39, 0.29) is 17.6 Å². The lowest BCUT2D eigenvalue weighted by Gasteiger charge is -2.17. The van der Waals surface area contributed by atoms with Gasteiger partial charge in [-0.05, 0) is 52.9 Å². The monoisotopic (exact) mass is 328 g/mol. The molecule has 1 unspecified atom stereocenters. The highest BCUT2D eigenvalue weighted by atomic mass is 79.9. The van der Waals surface area contributed by atoms with E-state index in [0.717, 1.165) is 6.42 Å². The average molecular weight is 329 g/mol. The van der Waals surface area contributed by atoms with E-state index in [4.69, 9.17) is 5.73 Å². The summed E-state index contributed by atoms with van der Waals surface area (Å²) in [6.07, 6.45) is 1.30. The predicted octanol–water partition coefficient (Wildman–Crippen LogP) is 3.10. The molecule has 0 spiro atoms. The van der Waals surface area contributed by atoms with Gasteiger partial charge in [0, 0.05) is 6.42 Å². The number of carbonyl (C=O) groups excluding carboxylic acids is 1. The fourth-order valence-corrected chi connectivity index (χ4v) is 2.38. The highest BCUT2D eigenvalue weighted by Gasteiger charge is 2.15. The molecule has 1 amide bonds. The maximum Gasteiger partial charge on any atom is 0.224 e. The topological polar surface area (TPSA) is 75.4 Å². The van der Waals surface area contributed by atoms with Crippen molar-refractivity contribution < 1.29 is 9.90 Å². The molecule has 106 valence electrons. The number of hydrogen-bond donors (Lipinski definition) is 3. The van der Waals surface area contributed by atoms with Crippen molar-refractivity contribution in [2.24, 2.45) is 17.6 Å². The molecule has 0 aliphatic rings. The van der Waals surface area contributed by atoms with Crippen LogP contribution in [0.4, 0.5) is 5.69 Å². The van der Waals surface area contributed by atoms with E-state index in [1.165, 1.54) is 0 Å². The van der Waals surface area contributed by atoms with Crippen LogP contribution in [0.3, 0.4) is 0 Å².